The molecule has 96 valence electrons. The standard InChI is InChI=1S/C11H12N2O4S/c1-16-9-3-4-11(10(7-9)17-2)18(14,15)13-6-5-12-8-13/h3-8H,1-2H3. The molecule has 1 aromatic carbocycles. The van der Waals surface area contributed by atoms with Gasteiger partial charge in [0.1, 0.15) is 22.7 Å². The van der Waals surface area contributed by atoms with Crippen LogP contribution < -0.4 is 9.47 Å². The van der Waals surface area contributed by atoms with Crippen molar-refractivity contribution in [3.05, 3.63) is 36.9 Å². The van der Waals surface area contributed by atoms with Crippen LogP contribution in [0.4, 0.5) is 0 Å². The van der Waals surface area contributed by atoms with E-state index in [1.165, 1.54) is 45.1 Å². The first-order valence-electron chi connectivity index (χ1n) is 5.05. The van der Waals surface area contributed by atoms with E-state index in [9.17, 15) is 8.42 Å². The van der Waals surface area contributed by atoms with E-state index in [1.54, 1.807) is 6.07 Å². The summed E-state index contributed by atoms with van der Waals surface area (Å²) in [6.07, 6.45) is 3.98. The molecule has 2 rings (SSSR count). The molecule has 0 aliphatic heterocycles. The van der Waals surface area contributed by atoms with Crippen LogP contribution in [0.2, 0.25) is 0 Å². The average molecular weight is 268 g/mol. The van der Waals surface area contributed by atoms with Gasteiger partial charge in [-0.05, 0) is 12.1 Å². The number of rotatable bonds is 4. The van der Waals surface area contributed by atoms with Gasteiger partial charge in [-0.1, -0.05) is 0 Å². The monoisotopic (exact) mass is 268 g/mol. The molecular formula is C11H12N2O4S. The van der Waals surface area contributed by atoms with E-state index in [4.69, 9.17) is 9.47 Å². The van der Waals surface area contributed by atoms with Gasteiger partial charge in [0, 0.05) is 18.5 Å². The molecule has 0 saturated heterocycles. The van der Waals surface area contributed by atoms with Crippen LogP contribution in [0.3, 0.4) is 0 Å². The summed E-state index contributed by atoms with van der Waals surface area (Å²) < 4.78 is 35.7. The molecule has 0 bridgehead atoms. The molecule has 0 amide bonds. The minimum absolute atomic E-state index is 0.0591. The van der Waals surface area contributed by atoms with Gasteiger partial charge in [0.25, 0.3) is 10.0 Å². The minimum Gasteiger partial charge on any atom is -0.497 e. The molecule has 0 spiro atoms. The van der Waals surface area contributed by atoms with Crippen LogP contribution in [-0.4, -0.2) is 31.6 Å². The van der Waals surface area contributed by atoms with Gasteiger partial charge in [-0.3, -0.25) is 0 Å². The molecule has 0 radical (unpaired) electrons. The smallest absolute Gasteiger partial charge is 0.272 e. The van der Waals surface area contributed by atoms with Crippen molar-refractivity contribution in [1.82, 2.24) is 8.96 Å². The maximum Gasteiger partial charge on any atom is 0.272 e. The maximum atomic E-state index is 12.3. The third-order valence-electron chi connectivity index (χ3n) is 2.41. The van der Waals surface area contributed by atoms with Crippen LogP contribution in [0.5, 0.6) is 11.5 Å². The molecule has 1 aromatic heterocycles. The van der Waals surface area contributed by atoms with E-state index in [2.05, 4.69) is 4.98 Å². The summed E-state index contributed by atoms with van der Waals surface area (Å²) in [5, 5.41) is 0. The van der Waals surface area contributed by atoms with Crippen molar-refractivity contribution >= 4 is 10.0 Å². The Morgan fingerprint density at radius 1 is 1.22 bits per heavy atom. The summed E-state index contributed by atoms with van der Waals surface area (Å²) in [5.74, 6) is 0.750. The van der Waals surface area contributed by atoms with Crippen molar-refractivity contribution in [1.29, 1.82) is 0 Å². The first-order chi connectivity index (χ1) is 8.59. The third-order valence-corrected chi connectivity index (χ3v) is 4.07. The summed E-state index contributed by atoms with van der Waals surface area (Å²) in [5.41, 5.74) is 0. The van der Waals surface area contributed by atoms with Gasteiger partial charge in [-0.25, -0.2) is 17.4 Å². The summed E-state index contributed by atoms with van der Waals surface area (Å²) in [6.45, 7) is 0. The van der Waals surface area contributed by atoms with E-state index < -0.39 is 10.0 Å². The van der Waals surface area contributed by atoms with Gasteiger partial charge in [-0.2, -0.15) is 0 Å². The van der Waals surface area contributed by atoms with E-state index in [-0.39, 0.29) is 10.6 Å². The average Bonchev–Trinajstić information content (AvgIpc) is 2.92. The fourth-order valence-corrected chi connectivity index (χ4v) is 2.75. The highest BCUT2D eigenvalue weighted by atomic mass is 32.2. The summed E-state index contributed by atoms with van der Waals surface area (Å²) in [4.78, 5) is 3.78. The number of hydrogen-bond donors (Lipinski definition) is 0. The predicted octanol–water partition coefficient (Wildman–Crippen LogP) is 1.14. The number of aromatic nitrogens is 2. The zero-order valence-corrected chi connectivity index (χ0v) is 10.7. The lowest BCUT2D eigenvalue weighted by Gasteiger charge is -2.11. The Balaban J connectivity index is 2.58. The van der Waals surface area contributed by atoms with Gasteiger partial charge in [0.05, 0.1) is 14.2 Å². The van der Waals surface area contributed by atoms with Crippen LogP contribution in [0.25, 0.3) is 0 Å². The minimum atomic E-state index is -3.69. The lowest BCUT2D eigenvalue weighted by Crippen LogP contribution is -2.12. The molecule has 7 heteroatoms. The lowest BCUT2D eigenvalue weighted by atomic mass is 10.3. The second kappa shape index (κ2) is 4.69. The molecule has 0 unspecified atom stereocenters. The van der Waals surface area contributed by atoms with Crippen LogP contribution in [0.15, 0.2) is 41.8 Å². The zero-order chi connectivity index (χ0) is 13.2. The van der Waals surface area contributed by atoms with Crippen LogP contribution in [-0.2, 0) is 10.0 Å². The molecule has 1 heterocycles. The molecule has 0 aliphatic carbocycles. The number of ether oxygens (including phenoxy) is 2. The first kappa shape index (κ1) is 12.4. The fourth-order valence-electron chi connectivity index (χ4n) is 1.49. The SMILES string of the molecule is COc1ccc(S(=O)(=O)n2ccnc2)c(OC)c1. The summed E-state index contributed by atoms with van der Waals surface area (Å²) in [6, 6.07) is 4.52. The summed E-state index contributed by atoms with van der Waals surface area (Å²) in [7, 11) is -0.786. The number of hydrogen-bond acceptors (Lipinski definition) is 5. The zero-order valence-electron chi connectivity index (χ0n) is 9.90. The Bertz CT molecular complexity index is 635. The number of nitrogens with zero attached hydrogens (tertiary/aromatic N) is 2. The molecular weight excluding hydrogens is 256 g/mol. The van der Waals surface area contributed by atoms with Crippen molar-refractivity contribution in [2.24, 2.45) is 0 Å². The Morgan fingerprint density at radius 2 is 2.00 bits per heavy atom. The van der Waals surface area contributed by atoms with Crippen molar-refractivity contribution in [3.63, 3.8) is 0 Å². The number of benzene rings is 1. The van der Waals surface area contributed by atoms with Crippen LogP contribution in [0.1, 0.15) is 0 Å². The molecule has 0 atom stereocenters. The maximum absolute atomic E-state index is 12.3. The number of imidazole rings is 1. The van der Waals surface area contributed by atoms with E-state index in [0.717, 1.165) is 3.97 Å². The topological polar surface area (TPSA) is 70.4 Å². The Morgan fingerprint density at radius 3 is 2.56 bits per heavy atom. The van der Waals surface area contributed by atoms with E-state index in [1.807, 2.05) is 0 Å². The first-order valence-corrected chi connectivity index (χ1v) is 6.49. The molecule has 6 nitrogen and oxygen atoms in total. The second-order valence-electron chi connectivity index (χ2n) is 3.41. The Labute approximate surface area is 105 Å². The van der Waals surface area contributed by atoms with Gasteiger partial charge in [-0.15, -0.1) is 0 Å². The van der Waals surface area contributed by atoms with Crippen molar-refractivity contribution < 1.29 is 17.9 Å². The quantitative estimate of drug-likeness (QED) is 0.831. The van der Waals surface area contributed by atoms with Gasteiger partial charge < -0.3 is 9.47 Å². The van der Waals surface area contributed by atoms with Gasteiger partial charge in [0.15, 0.2) is 0 Å². The van der Waals surface area contributed by atoms with Crippen molar-refractivity contribution in [3.8, 4) is 11.5 Å². The second-order valence-corrected chi connectivity index (χ2v) is 5.23. The predicted molar refractivity (Wildman–Crippen MR) is 64.4 cm³/mol. The van der Waals surface area contributed by atoms with Gasteiger partial charge in [0.2, 0.25) is 0 Å². The molecule has 0 fully saturated rings. The van der Waals surface area contributed by atoms with Crippen molar-refractivity contribution in [2.45, 2.75) is 4.90 Å². The van der Waals surface area contributed by atoms with E-state index >= 15 is 0 Å². The molecule has 0 N–H and O–H groups in total. The Kier molecular flexibility index (Phi) is 3.24. The third kappa shape index (κ3) is 2.04. The van der Waals surface area contributed by atoms with E-state index in [0.29, 0.717) is 5.75 Å². The molecule has 18 heavy (non-hydrogen) atoms. The molecule has 0 saturated carbocycles. The normalized spacial score (nSPS) is 11.2. The lowest BCUT2D eigenvalue weighted by molar-refractivity contribution is 0.386. The highest BCUT2D eigenvalue weighted by molar-refractivity contribution is 7.90. The highest BCUT2D eigenvalue weighted by Crippen LogP contribution is 2.29. The van der Waals surface area contributed by atoms with Crippen LogP contribution in [0, 0.1) is 0 Å². The fraction of sp³-hybridized carbons (Fsp3) is 0.182. The molecule has 2 aromatic rings. The largest absolute Gasteiger partial charge is 0.497 e. The van der Waals surface area contributed by atoms with Crippen LogP contribution >= 0.6 is 0 Å². The highest BCUT2D eigenvalue weighted by Gasteiger charge is 2.21. The number of methoxy groups -OCH3 is 2. The Hall–Kier alpha value is -2.02. The van der Waals surface area contributed by atoms with Crippen molar-refractivity contribution in [2.75, 3.05) is 14.2 Å². The molecule has 0 aliphatic rings. The van der Waals surface area contributed by atoms with Gasteiger partial charge >= 0.3 is 0 Å². The summed E-state index contributed by atoms with van der Waals surface area (Å²) >= 11 is 0.